The molecule has 0 aromatic heterocycles. The second-order valence-corrected chi connectivity index (χ2v) is 6.50. The maximum atomic E-state index is 10.6. The van der Waals surface area contributed by atoms with Gasteiger partial charge >= 0.3 is 0 Å². The van der Waals surface area contributed by atoms with Crippen LogP contribution in [-0.2, 0) is 6.54 Å². The van der Waals surface area contributed by atoms with E-state index in [0.717, 1.165) is 10.5 Å². The zero-order valence-electron chi connectivity index (χ0n) is 12.3. The number of nitro benzene ring substituents is 1. The van der Waals surface area contributed by atoms with Crippen LogP contribution in [0.3, 0.4) is 0 Å². The minimum atomic E-state index is -0.498. The van der Waals surface area contributed by atoms with Crippen molar-refractivity contribution in [1.29, 1.82) is 0 Å². The van der Waals surface area contributed by atoms with Gasteiger partial charge in [0, 0.05) is 40.9 Å². The van der Waals surface area contributed by atoms with Crippen LogP contribution < -0.4 is 5.32 Å². The SMILES string of the molecule is O=[N+]([O-])c1ccc(SC[C@H](O)CNCc2ccc(Cl)cc2)cc1. The standard InChI is InChI=1S/C16H17ClN2O3S/c17-13-3-1-12(2-4-13)9-18-10-15(20)11-23-16-7-5-14(6-8-16)19(21)22/h1-8,15,18,20H,9-11H2/t15-/m1/s1. The minimum absolute atomic E-state index is 0.0690. The van der Waals surface area contributed by atoms with Gasteiger partial charge < -0.3 is 10.4 Å². The monoisotopic (exact) mass is 352 g/mol. The summed E-state index contributed by atoms with van der Waals surface area (Å²) < 4.78 is 0. The van der Waals surface area contributed by atoms with E-state index in [9.17, 15) is 15.2 Å². The highest BCUT2D eigenvalue weighted by atomic mass is 35.5. The molecule has 0 fully saturated rings. The molecular weight excluding hydrogens is 336 g/mol. The molecule has 0 spiro atoms. The molecule has 0 unspecified atom stereocenters. The van der Waals surface area contributed by atoms with E-state index >= 15 is 0 Å². The van der Waals surface area contributed by atoms with Crippen LogP contribution in [0.2, 0.25) is 5.02 Å². The van der Waals surface area contributed by atoms with Gasteiger partial charge in [-0.1, -0.05) is 23.7 Å². The molecule has 7 heteroatoms. The highest BCUT2D eigenvalue weighted by Gasteiger charge is 2.07. The topological polar surface area (TPSA) is 75.4 Å². The van der Waals surface area contributed by atoms with E-state index in [0.29, 0.717) is 23.9 Å². The van der Waals surface area contributed by atoms with Gasteiger partial charge in [-0.2, -0.15) is 0 Å². The summed E-state index contributed by atoms with van der Waals surface area (Å²) in [7, 11) is 0. The number of nitrogens with one attached hydrogen (secondary N) is 1. The lowest BCUT2D eigenvalue weighted by atomic mass is 10.2. The summed E-state index contributed by atoms with van der Waals surface area (Å²) in [5.74, 6) is 0.519. The van der Waals surface area contributed by atoms with E-state index in [1.807, 2.05) is 24.3 Å². The van der Waals surface area contributed by atoms with Crippen molar-refractivity contribution in [3.63, 3.8) is 0 Å². The number of nitro groups is 1. The van der Waals surface area contributed by atoms with Crippen molar-refractivity contribution in [3.05, 3.63) is 69.2 Å². The van der Waals surface area contributed by atoms with E-state index in [2.05, 4.69) is 5.32 Å². The highest BCUT2D eigenvalue weighted by Crippen LogP contribution is 2.21. The molecule has 0 amide bonds. The van der Waals surface area contributed by atoms with Gasteiger partial charge in [0.2, 0.25) is 0 Å². The van der Waals surface area contributed by atoms with E-state index in [1.54, 1.807) is 12.1 Å². The number of benzene rings is 2. The van der Waals surface area contributed by atoms with Crippen molar-refractivity contribution in [2.75, 3.05) is 12.3 Å². The lowest BCUT2D eigenvalue weighted by molar-refractivity contribution is -0.384. The van der Waals surface area contributed by atoms with E-state index < -0.39 is 11.0 Å². The van der Waals surface area contributed by atoms with Crippen molar-refractivity contribution >= 4 is 29.1 Å². The average molecular weight is 353 g/mol. The summed E-state index contributed by atoms with van der Waals surface area (Å²) in [4.78, 5) is 11.0. The maximum absolute atomic E-state index is 10.6. The van der Waals surface area contributed by atoms with Crippen molar-refractivity contribution in [2.45, 2.75) is 17.5 Å². The van der Waals surface area contributed by atoms with E-state index in [-0.39, 0.29) is 5.69 Å². The van der Waals surface area contributed by atoms with Crippen LogP contribution in [0.4, 0.5) is 5.69 Å². The maximum Gasteiger partial charge on any atom is 0.269 e. The molecule has 0 bridgehead atoms. The van der Waals surface area contributed by atoms with Gasteiger partial charge in [0.05, 0.1) is 11.0 Å². The highest BCUT2D eigenvalue weighted by molar-refractivity contribution is 7.99. The molecule has 2 N–H and O–H groups in total. The molecule has 0 heterocycles. The predicted molar refractivity (Wildman–Crippen MR) is 93.0 cm³/mol. The Balaban J connectivity index is 1.69. The first-order valence-electron chi connectivity index (χ1n) is 7.05. The first kappa shape index (κ1) is 17.7. The molecule has 0 aliphatic heterocycles. The zero-order chi connectivity index (χ0) is 16.7. The van der Waals surface area contributed by atoms with Crippen LogP contribution in [0.1, 0.15) is 5.56 Å². The molecule has 1 atom stereocenters. The van der Waals surface area contributed by atoms with E-state index in [4.69, 9.17) is 11.6 Å². The minimum Gasteiger partial charge on any atom is -0.391 e. The molecule has 2 rings (SSSR count). The Bertz CT molecular complexity index is 635. The third kappa shape index (κ3) is 6.19. The normalized spacial score (nSPS) is 12.1. The lowest BCUT2D eigenvalue weighted by Gasteiger charge is -2.11. The van der Waals surface area contributed by atoms with Gasteiger partial charge in [-0.25, -0.2) is 0 Å². The molecule has 23 heavy (non-hydrogen) atoms. The Kier molecular flexibility index (Phi) is 6.85. The van der Waals surface area contributed by atoms with Gasteiger partial charge in [-0.15, -0.1) is 11.8 Å². The molecule has 0 saturated heterocycles. The van der Waals surface area contributed by atoms with Crippen LogP contribution in [0.5, 0.6) is 0 Å². The van der Waals surface area contributed by atoms with E-state index in [1.165, 1.54) is 23.9 Å². The average Bonchev–Trinajstić information content (AvgIpc) is 2.55. The van der Waals surface area contributed by atoms with Gasteiger partial charge in [0.25, 0.3) is 5.69 Å². The van der Waals surface area contributed by atoms with Gasteiger partial charge in [0.15, 0.2) is 0 Å². The van der Waals surface area contributed by atoms with Crippen LogP contribution in [0.15, 0.2) is 53.4 Å². The number of hydrogen-bond donors (Lipinski definition) is 2. The molecule has 0 aliphatic rings. The van der Waals surface area contributed by atoms with Crippen LogP contribution in [-0.4, -0.2) is 28.4 Å². The number of halogens is 1. The molecule has 0 aliphatic carbocycles. The fraction of sp³-hybridized carbons (Fsp3) is 0.250. The third-order valence-electron chi connectivity index (χ3n) is 3.11. The summed E-state index contributed by atoms with van der Waals surface area (Å²) in [5, 5.41) is 24.4. The quantitative estimate of drug-likeness (QED) is 0.432. The predicted octanol–water partition coefficient (Wildman–Crippen LogP) is 3.49. The molecule has 0 radical (unpaired) electrons. The summed E-state index contributed by atoms with van der Waals surface area (Å²) in [5.41, 5.74) is 1.17. The van der Waals surface area contributed by atoms with Crippen molar-refractivity contribution in [2.24, 2.45) is 0 Å². The molecular formula is C16H17ClN2O3S. The Morgan fingerprint density at radius 2 is 1.83 bits per heavy atom. The third-order valence-corrected chi connectivity index (χ3v) is 4.52. The summed E-state index contributed by atoms with van der Waals surface area (Å²) in [6.45, 7) is 1.14. The molecule has 122 valence electrons. The fourth-order valence-electron chi connectivity index (χ4n) is 1.90. The second kappa shape index (κ2) is 8.88. The molecule has 2 aromatic carbocycles. The number of aliphatic hydroxyl groups excluding tert-OH is 1. The summed E-state index contributed by atoms with van der Waals surface area (Å²) in [6, 6.07) is 13.9. The molecule has 5 nitrogen and oxygen atoms in total. The van der Waals surface area contributed by atoms with Crippen molar-refractivity contribution in [3.8, 4) is 0 Å². The zero-order valence-corrected chi connectivity index (χ0v) is 13.9. The smallest absolute Gasteiger partial charge is 0.269 e. The number of aliphatic hydroxyl groups is 1. The number of rotatable bonds is 8. The second-order valence-electron chi connectivity index (χ2n) is 4.97. The molecule has 2 aromatic rings. The number of non-ortho nitro benzene ring substituents is 1. The fourth-order valence-corrected chi connectivity index (χ4v) is 2.86. The number of thioether (sulfide) groups is 1. The Hall–Kier alpha value is -1.60. The van der Waals surface area contributed by atoms with Crippen molar-refractivity contribution < 1.29 is 10.0 Å². The Labute approximate surface area is 143 Å². The number of hydrogen-bond acceptors (Lipinski definition) is 5. The summed E-state index contributed by atoms with van der Waals surface area (Å²) >= 11 is 7.29. The van der Waals surface area contributed by atoms with Crippen molar-refractivity contribution in [1.82, 2.24) is 5.32 Å². The lowest BCUT2D eigenvalue weighted by Crippen LogP contribution is -2.28. The first-order chi connectivity index (χ1) is 11.0. The van der Waals surface area contributed by atoms with Gasteiger partial charge in [-0.05, 0) is 29.8 Å². The summed E-state index contributed by atoms with van der Waals surface area (Å²) in [6.07, 6.45) is -0.498. The number of nitrogens with zero attached hydrogens (tertiary/aromatic N) is 1. The molecule has 0 saturated carbocycles. The van der Waals surface area contributed by atoms with Crippen LogP contribution in [0, 0.1) is 10.1 Å². The Morgan fingerprint density at radius 3 is 2.43 bits per heavy atom. The van der Waals surface area contributed by atoms with Gasteiger partial charge in [-0.3, -0.25) is 10.1 Å². The van der Waals surface area contributed by atoms with Crippen LogP contribution >= 0.6 is 23.4 Å². The van der Waals surface area contributed by atoms with Crippen LogP contribution in [0.25, 0.3) is 0 Å². The Morgan fingerprint density at radius 1 is 1.17 bits per heavy atom. The van der Waals surface area contributed by atoms with Gasteiger partial charge in [0.1, 0.15) is 0 Å². The largest absolute Gasteiger partial charge is 0.391 e. The first-order valence-corrected chi connectivity index (χ1v) is 8.41.